The number of aliphatic hydroxyl groups excluding tert-OH is 6. The van der Waals surface area contributed by atoms with Crippen molar-refractivity contribution in [2.24, 2.45) is 0 Å². The molecular formula is C18H22O7. The van der Waals surface area contributed by atoms with Crippen molar-refractivity contribution >= 4 is 0 Å². The van der Waals surface area contributed by atoms with Crippen molar-refractivity contribution in [3.05, 3.63) is 57.6 Å². The van der Waals surface area contributed by atoms with E-state index in [9.17, 15) is 30.6 Å². The van der Waals surface area contributed by atoms with Crippen molar-refractivity contribution in [1.29, 1.82) is 0 Å². The molecule has 0 aliphatic carbocycles. The first-order valence-corrected chi connectivity index (χ1v) is 7.74. The van der Waals surface area contributed by atoms with Crippen molar-refractivity contribution in [2.75, 3.05) is 0 Å². The maximum atomic E-state index is 9.60. The molecule has 2 aromatic rings. The Kier molecular flexibility index (Phi) is 6.89. The molecule has 0 fully saturated rings. The Balaban J connectivity index is 2.59. The minimum atomic E-state index is -0.381. The molecule has 2 rings (SSSR count). The predicted octanol–water partition coefficient (Wildman–Crippen LogP) is 0.433. The highest BCUT2D eigenvalue weighted by atomic mass is 16.5. The molecule has 0 amide bonds. The summed E-state index contributed by atoms with van der Waals surface area (Å²) < 4.78 is 5.86. The fourth-order valence-electron chi connectivity index (χ4n) is 2.67. The highest BCUT2D eigenvalue weighted by molar-refractivity contribution is 5.51. The largest absolute Gasteiger partial charge is 0.456 e. The second kappa shape index (κ2) is 8.91. The molecule has 0 aliphatic rings. The summed E-state index contributed by atoms with van der Waals surface area (Å²) in [5.41, 5.74) is 2.45. The summed E-state index contributed by atoms with van der Waals surface area (Å²) >= 11 is 0. The second-order valence-corrected chi connectivity index (χ2v) is 5.54. The lowest BCUT2D eigenvalue weighted by Crippen LogP contribution is -2.05. The summed E-state index contributed by atoms with van der Waals surface area (Å²) in [5.74, 6) is 0.395. The number of hydrogen-bond acceptors (Lipinski definition) is 7. The molecule has 25 heavy (non-hydrogen) atoms. The van der Waals surface area contributed by atoms with Crippen LogP contribution in [0.1, 0.15) is 33.4 Å². The lowest BCUT2D eigenvalue weighted by atomic mass is 10.0. The zero-order chi connectivity index (χ0) is 18.4. The van der Waals surface area contributed by atoms with E-state index in [4.69, 9.17) is 4.74 Å². The van der Waals surface area contributed by atoms with Crippen molar-refractivity contribution in [2.45, 2.75) is 39.6 Å². The van der Waals surface area contributed by atoms with E-state index in [1.165, 1.54) is 0 Å². The molecule has 0 aromatic heterocycles. The number of rotatable bonds is 8. The van der Waals surface area contributed by atoms with Crippen molar-refractivity contribution < 1.29 is 35.4 Å². The molecule has 136 valence electrons. The average molecular weight is 350 g/mol. The highest BCUT2D eigenvalue weighted by Crippen LogP contribution is 2.36. The normalized spacial score (nSPS) is 11.0. The van der Waals surface area contributed by atoms with Gasteiger partial charge >= 0.3 is 0 Å². The first kappa shape index (κ1) is 19.3. The lowest BCUT2D eigenvalue weighted by molar-refractivity contribution is 0.251. The quantitative estimate of drug-likeness (QED) is 0.407. The van der Waals surface area contributed by atoms with Crippen LogP contribution < -0.4 is 4.74 Å². The van der Waals surface area contributed by atoms with Gasteiger partial charge in [0, 0.05) is 22.3 Å². The summed E-state index contributed by atoms with van der Waals surface area (Å²) in [4.78, 5) is 0. The number of aliphatic hydroxyl groups is 6. The van der Waals surface area contributed by atoms with Gasteiger partial charge in [-0.25, -0.2) is 0 Å². The van der Waals surface area contributed by atoms with Crippen LogP contribution in [0.2, 0.25) is 0 Å². The average Bonchev–Trinajstić information content (AvgIpc) is 2.67. The van der Waals surface area contributed by atoms with E-state index in [0.717, 1.165) is 0 Å². The molecule has 0 unspecified atom stereocenters. The third kappa shape index (κ3) is 4.16. The van der Waals surface area contributed by atoms with E-state index in [-0.39, 0.29) is 51.1 Å². The van der Waals surface area contributed by atoms with Gasteiger partial charge in [-0.15, -0.1) is 0 Å². The zero-order valence-electron chi connectivity index (χ0n) is 13.6. The molecule has 0 aliphatic heterocycles. The molecule has 7 heteroatoms. The van der Waals surface area contributed by atoms with Crippen LogP contribution in [-0.4, -0.2) is 30.6 Å². The fraction of sp³-hybridized carbons (Fsp3) is 0.333. The van der Waals surface area contributed by atoms with Crippen LogP contribution in [0.5, 0.6) is 11.5 Å². The standard InChI is InChI=1S/C18H22O7/c19-5-11-1-13(7-21)17(14(2-11)8-22)25-18-15(9-23)3-12(6-20)4-16(18)10-24/h1-4,19-24H,5-10H2. The van der Waals surface area contributed by atoms with Gasteiger partial charge in [-0.3, -0.25) is 0 Å². The van der Waals surface area contributed by atoms with Crippen LogP contribution in [0, 0.1) is 0 Å². The molecule has 6 N–H and O–H groups in total. The fourth-order valence-corrected chi connectivity index (χ4v) is 2.67. The summed E-state index contributed by atoms with van der Waals surface area (Å²) in [5, 5.41) is 57.0. The van der Waals surface area contributed by atoms with Gasteiger partial charge in [0.25, 0.3) is 0 Å². The van der Waals surface area contributed by atoms with Crippen LogP contribution in [0.25, 0.3) is 0 Å². The van der Waals surface area contributed by atoms with Gasteiger partial charge in [0.15, 0.2) is 0 Å². The minimum Gasteiger partial charge on any atom is -0.456 e. The van der Waals surface area contributed by atoms with Gasteiger partial charge in [0.2, 0.25) is 0 Å². The van der Waals surface area contributed by atoms with Gasteiger partial charge in [-0.1, -0.05) is 0 Å². The smallest absolute Gasteiger partial charge is 0.138 e. The Labute approximate surface area is 145 Å². The Bertz CT molecular complexity index is 616. The van der Waals surface area contributed by atoms with Crippen LogP contribution in [0.15, 0.2) is 24.3 Å². The Morgan fingerprint density at radius 1 is 0.480 bits per heavy atom. The Morgan fingerprint density at radius 2 is 0.760 bits per heavy atom. The molecule has 0 radical (unpaired) electrons. The summed E-state index contributed by atoms with van der Waals surface area (Å²) in [6.45, 7) is -2.03. The monoisotopic (exact) mass is 350 g/mol. The molecule has 7 nitrogen and oxygen atoms in total. The van der Waals surface area contributed by atoms with Crippen molar-refractivity contribution in [1.82, 2.24) is 0 Å². The van der Waals surface area contributed by atoms with Gasteiger partial charge in [-0.05, 0) is 35.4 Å². The lowest BCUT2D eigenvalue weighted by Gasteiger charge is -2.19. The summed E-state index contributed by atoms with van der Waals surface area (Å²) in [7, 11) is 0. The molecule has 0 atom stereocenters. The first-order valence-electron chi connectivity index (χ1n) is 7.74. The molecule has 0 spiro atoms. The van der Waals surface area contributed by atoms with Crippen molar-refractivity contribution in [3.63, 3.8) is 0 Å². The topological polar surface area (TPSA) is 131 Å². The van der Waals surface area contributed by atoms with Crippen LogP contribution in [0.3, 0.4) is 0 Å². The maximum Gasteiger partial charge on any atom is 0.138 e. The molecule has 2 aromatic carbocycles. The molecule has 0 saturated carbocycles. The number of ether oxygens (including phenoxy) is 1. The highest BCUT2D eigenvalue weighted by Gasteiger charge is 2.18. The number of benzene rings is 2. The zero-order valence-corrected chi connectivity index (χ0v) is 13.6. The van der Waals surface area contributed by atoms with E-state index < -0.39 is 0 Å². The maximum absolute atomic E-state index is 9.60. The predicted molar refractivity (Wildman–Crippen MR) is 88.5 cm³/mol. The first-order chi connectivity index (χ1) is 12.1. The third-order valence-corrected chi connectivity index (χ3v) is 3.86. The van der Waals surface area contributed by atoms with E-state index >= 15 is 0 Å². The Morgan fingerprint density at radius 3 is 0.960 bits per heavy atom. The SMILES string of the molecule is OCc1cc(CO)c(Oc2c(CO)cc(CO)cc2CO)c(CO)c1. The van der Waals surface area contributed by atoms with E-state index in [1.807, 2.05) is 0 Å². The minimum absolute atomic E-state index is 0.198. The van der Waals surface area contributed by atoms with E-state index in [0.29, 0.717) is 33.4 Å². The van der Waals surface area contributed by atoms with Crippen LogP contribution >= 0.6 is 0 Å². The van der Waals surface area contributed by atoms with Crippen LogP contribution in [0.4, 0.5) is 0 Å². The van der Waals surface area contributed by atoms with Crippen LogP contribution in [-0.2, 0) is 39.6 Å². The van der Waals surface area contributed by atoms with E-state index in [1.54, 1.807) is 24.3 Å². The molecule has 0 saturated heterocycles. The van der Waals surface area contributed by atoms with Gasteiger partial charge in [-0.2, -0.15) is 0 Å². The third-order valence-electron chi connectivity index (χ3n) is 3.86. The molecule has 0 bridgehead atoms. The second-order valence-electron chi connectivity index (χ2n) is 5.54. The Hall–Kier alpha value is -2.00. The van der Waals surface area contributed by atoms with Gasteiger partial charge < -0.3 is 35.4 Å². The molecule has 0 heterocycles. The summed E-state index contributed by atoms with van der Waals surface area (Å²) in [6, 6.07) is 6.20. The van der Waals surface area contributed by atoms with E-state index in [2.05, 4.69) is 0 Å². The molecular weight excluding hydrogens is 328 g/mol. The van der Waals surface area contributed by atoms with Gasteiger partial charge in [0.1, 0.15) is 11.5 Å². The van der Waals surface area contributed by atoms with Gasteiger partial charge in [0.05, 0.1) is 39.6 Å². The summed E-state index contributed by atoms with van der Waals surface area (Å²) in [6.07, 6.45) is 0. The number of hydrogen-bond donors (Lipinski definition) is 6. The van der Waals surface area contributed by atoms with Crippen molar-refractivity contribution in [3.8, 4) is 11.5 Å².